The smallest absolute Gasteiger partial charge is 0.359 e. The van der Waals surface area contributed by atoms with Crippen LogP contribution in [0, 0.1) is 5.92 Å². The van der Waals surface area contributed by atoms with E-state index >= 15 is 0 Å². The van der Waals surface area contributed by atoms with Gasteiger partial charge in [-0.05, 0) is 48.4 Å². The molecular formula is C24H20F3N5O2. The van der Waals surface area contributed by atoms with Crippen molar-refractivity contribution >= 4 is 28.4 Å². The van der Waals surface area contributed by atoms with Crippen LogP contribution in [0.25, 0.3) is 27.7 Å². The zero-order valence-electron chi connectivity index (χ0n) is 18.1. The van der Waals surface area contributed by atoms with Crippen molar-refractivity contribution in [3.63, 3.8) is 0 Å². The van der Waals surface area contributed by atoms with E-state index in [0.29, 0.717) is 24.3 Å². The first kappa shape index (κ1) is 21.7. The van der Waals surface area contributed by atoms with Gasteiger partial charge >= 0.3 is 6.18 Å². The number of carbonyl (C=O) groups excluding carboxylic acids is 2. The van der Waals surface area contributed by atoms with Gasteiger partial charge in [-0.3, -0.25) is 9.59 Å². The minimum absolute atomic E-state index is 0.186. The Balaban J connectivity index is 1.39. The molecule has 0 bridgehead atoms. The van der Waals surface area contributed by atoms with Gasteiger partial charge in [0.1, 0.15) is 5.92 Å². The number of hydrogen-bond donors (Lipinski definition) is 2. The Morgan fingerprint density at radius 3 is 2.59 bits per heavy atom. The Hall–Kier alpha value is -4.08. The number of nitrogens with zero attached hydrogens (tertiary/aromatic N) is 3. The Kier molecular flexibility index (Phi) is 5.15. The van der Waals surface area contributed by atoms with Gasteiger partial charge in [0.15, 0.2) is 0 Å². The molecule has 7 nitrogen and oxygen atoms in total. The zero-order chi connectivity index (χ0) is 24.0. The maximum Gasteiger partial charge on any atom is 0.416 e. The number of amides is 2. The molecule has 0 aliphatic carbocycles. The fourth-order valence-corrected chi connectivity index (χ4v) is 4.11. The number of likely N-dealkylation sites (tertiary alicyclic amines) is 1. The molecule has 5 rings (SSSR count). The molecule has 34 heavy (non-hydrogen) atoms. The summed E-state index contributed by atoms with van der Waals surface area (Å²) >= 11 is 0. The van der Waals surface area contributed by atoms with Gasteiger partial charge in [-0.15, -0.1) is 0 Å². The van der Waals surface area contributed by atoms with Crippen molar-refractivity contribution in [1.29, 1.82) is 0 Å². The highest BCUT2D eigenvalue weighted by molar-refractivity contribution is 6.10. The summed E-state index contributed by atoms with van der Waals surface area (Å²) in [4.78, 5) is 29.5. The van der Waals surface area contributed by atoms with Crippen LogP contribution in [0.3, 0.4) is 0 Å². The zero-order valence-corrected chi connectivity index (χ0v) is 18.1. The fraction of sp³-hybridized carbons (Fsp3) is 0.208. The first-order chi connectivity index (χ1) is 16.2. The molecule has 1 aliphatic heterocycles. The number of nitrogens with one attached hydrogen (secondary N) is 2. The highest BCUT2D eigenvalue weighted by Crippen LogP contribution is 2.32. The summed E-state index contributed by atoms with van der Waals surface area (Å²) in [7, 11) is 1.68. The monoisotopic (exact) mass is 467 g/mol. The van der Waals surface area contributed by atoms with Crippen molar-refractivity contribution < 1.29 is 22.8 Å². The summed E-state index contributed by atoms with van der Waals surface area (Å²) in [5.41, 5.74) is 2.73. The normalized spacial score (nSPS) is 16.4. The topological polar surface area (TPSA) is 83.0 Å². The number of fused-ring (bicyclic) bond motifs is 1. The maximum absolute atomic E-state index is 12.8. The number of benzene rings is 2. The number of H-pyrrole nitrogens is 1. The molecule has 10 heteroatoms. The van der Waals surface area contributed by atoms with Gasteiger partial charge in [0.05, 0.1) is 23.1 Å². The van der Waals surface area contributed by atoms with Crippen LogP contribution in [0.5, 0.6) is 0 Å². The number of halogens is 3. The number of carbonyl (C=O) groups is 2. The molecule has 0 spiro atoms. The number of alkyl halides is 3. The third-order valence-electron chi connectivity index (χ3n) is 6.06. The van der Waals surface area contributed by atoms with Gasteiger partial charge < -0.3 is 15.2 Å². The quantitative estimate of drug-likeness (QED) is 0.435. The first-order valence-corrected chi connectivity index (χ1v) is 10.6. The molecule has 2 N–H and O–H groups in total. The van der Waals surface area contributed by atoms with E-state index in [9.17, 15) is 22.8 Å². The minimum atomic E-state index is -4.39. The molecule has 2 aromatic heterocycles. The molecule has 0 saturated carbocycles. The van der Waals surface area contributed by atoms with Gasteiger partial charge in [0.25, 0.3) is 0 Å². The summed E-state index contributed by atoms with van der Waals surface area (Å²) in [6, 6.07) is 10.4. The largest absolute Gasteiger partial charge is 0.416 e. The molecule has 174 valence electrons. The molecule has 2 aromatic carbocycles. The summed E-state index contributed by atoms with van der Waals surface area (Å²) in [6.07, 6.45) is 1.12. The van der Waals surface area contributed by atoms with Gasteiger partial charge in [-0.1, -0.05) is 6.07 Å². The second-order valence-electron chi connectivity index (χ2n) is 8.27. The van der Waals surface area contributed by atoms with Crippen LogP contribution in [0.4, 0.5) is 18.9 Å². The van der Waals surface area contributed by atoms with Gasteiger partial charge in [-0.25, -0.2) is 4.68 Å². The number of hydrogen-bond acceptors (Lipinski definition) is 3. The SMILES string of the molecule is CN1CCC(C(=O)Nc2c[nH]c3ccc(-c4cnn(-c5ccc(C(F)(F)F)cc5)c4)cc23)C1=O. The van der Waals surface area contributed by atoms with E-state index in [-0.39, 0.29) is 11.8 Å². The lowest BCUT2D eigenvalue weighted by molar-refractivity contribution is -0.138. The van der Waals surface area contributed by atoms with Gasteiger partial charge in [-0.2, -0.15) is 18.3 Å². The molecule has 1 unspecified atom stereocenters. The molecule has 1 atom stereocenters. The Labute approximate surface area is 192 Å². The molecule has 1 saturated heterocycles. The number of rotatable bonds is 4. The molecule has 0 radical (unpaired) electrons. The Bertz CT molecular complexity index is 1390. The third-order valence-corrected chi connectivity index (χ3v) is 6.06. The van der Waals surface area contributed by atoms with Crippen LogP contribution < -0.4 is 5.32 Å². The number of anilines is 1. The van der Waals surface area contributed by atoms with Crippen LogP contribution in [-0.4, -0.2) is 45.1 Å². The summed E-state index contributed by atoms with van der Waals surface area (Å²) in [5, 5.41) is 7.90. The van der Waals surface area contributed by atoms with E-state index in [1.807, 2.05) is 18.2 Å². The second kappa shape index (κ2) is 8.05. The van der Waals surface area contributed by atoms with E-state index < -0.39 is 17.7 Å². The first-order valence-electron chi connectivity index (χ1n) is 10.6. The lowest BCUT2D eigenvalue weighted by atomic mass is 10.1. The molecule has 3 heterocycles. The van der Waals surface area contributed by atoms with Crippen LogP contribution >= 0.6 is 0 Å². The fourth-order valence-electron chi connectivity index (χ4n) is 4.11. The van der Waals surface area contributed by atoms with Crippen molar-refractivity contribution in [2.75, 3.05) is 18.9 Å². The van der Waals surface area contributed by atoms with Crippen LogP contribution in [0.1, 0.15) is 12.0 Å². The predicted molar refractivity (Wildman–Crippen MR) is 120 cm³/mol. The Morgan fingerprint density at radius 2 is 1.91 bits per heavy atom. The third kappa shape index (κ3) is 3.91. The van der Waals surface area contributed by atoms with Crippen LogP contribution in [0.2, 0.25) is 0 Å². The van der Waals surface area contributed by atoms with Crippen molar-refractivity contribution in [2.45, 2.75) is 12.6 Å². The van der Waals surface area contributed by atoms with Gasteiger partial charge in [0, 0.05) is 42.5 Å². The lowest BCUT2D eigenvalue weighted by Gasteiger charge is -2.10. The van der Waals surface area contributed by atoms with Crippen molar-refractivity contribution in [2.24, 2.45) is 5.92 Å². The number of aromatic nitrogens is 3. The lowest BCUT2D eigenvalue weighted by Crippen LogP contribution is -2.30. The van der Waals surface area contributed by atoms with Crippen LogP contribution in [-0.2, 0) is 15.8 Å². The van der Waals surface area contributed by atoms with E-state index in [1.165, 1.54) is 16.8 Å². The predicted octanol–water partition coefficient (Wildman–Crippen LogP) is 4.46. The summed E-state index contributed by atoms with van der Waals surface area (Å²) < 4.78 is 39.9. The standard InChI is InChI=1S/C24H20F3N5O2/c1-31-9-8-18(23(31)34)22(33)30-21-12-28-20-7-2-14(10-19(20)21)15-11-29-32(13-15)17-5-3-16(4-6-17)24(25,26)27/h2-7,10-13,18,28H,8-9H2,1H3,(H,30,33). The average Bonchev–Trinajstić information content (AvgIpc) is 3.53. The molecular weight excluding hydrogens is 447 g/mol. The van der Waals surface area contributed by atoms with E-state index in [0.717, 1.165) is 34.2 Å². The van der Waals surface area contributed by atoms with Crippen molar-refractivity contribution in [3.8, 4) is 16.8 Å². The molecule has 1 aliphatic rings. The Morgan fingerprint density at radius 1 is 1.15 bits per heavy atom. The van der Waals surface area contributed by atoms with Gasteiger partial charge in [0.2, 0.25) is 11.8 Å². The highest BCUT2D eigenvalue weighted by atomic mass is 19.4. The van der Waals surface area contributed by atoms with E-state index in [2.05, 4.69) is 15.4 Å². The highest BCUT2D eigenvalue weighted by Gasteiger charge is 2.35. The molecule has 1 fully saturated rings. The van der Waals surface area contributed by atoms with E-state index in [4.69, 9.17) is 0 Å². The maximum atomic E-state index is 12.8. The van der Waals surface area contributed by atoms with Crippen LogP contribution in [0.15, 0.2) is 61.1 Å². The average molecular weight is 467 g/mol. The number of aromatic amines is 1. The van der Waals surface area contributed by atoms with Crippen molar-refractivity contribution in [3.05, 3.63) is 66.6 Å². The minimum Gasteiger partial charge on any atom is -0.359 e. The second-order valence-corrected chi connectivity index (χ2v) is 8.27. The van der Waals surface area contributed by atoms with E-state index in [1.54, 1.807) is 30.5 Å². The molecule has 2 amide bonds. The summed E-state index contributed by atoms with van der Waals surface area (Å²) in [6.45, 7) is 0.553. The summed E-state index contributed by atoms with van der Waals surface area (Å²) in [5.74, 6) is -1.22. The van der Waals surface area contributed by atoms with Crippen molar-refractivity contribution in [1.82, 2.24) is 19.7 Å². The molecule has 4 aromatic rings.